The number of hydrogen-bond acceptors (Lipinski definition) is 9. The van der Waals surface area contributed by atoms with E-state index < -0.39 is 32.8 Å². The lowest BCUT2D eigenvalue weighted by molar-refractivity contribution is -0.171. The molecule has 1 amide bonds. The number of hydrogen-bond donors (Lipinski definition) is 2. The first kappa shape index (κ1) is 36.7. The Kier molecular flexibility index (Phi) is 10.9. The molecule has 5 atom stereocenters. The quantitative estimate of drug-likeness (QED) is 0.295. The normalized spacial score (nSPS) is 30.0. The molecule has 1 aliphatic carbocycles. The highest BCUT2D eigenvalue weighted by molar-refractivity contribution is 7.90. The summed E-state index contributed by atoms with van der Waals surface area (Å²) in [6, 6.07) is 10.8. The van der Waals surface area contributed by atoms with Crippen molar-refractivity contribution < 1.29 is 37.3 Å². The number of halogens is 1. The third-order valence-electron chi connectivity index (χ3n) is 11.1. The maximum atomic E-state index is 13.5. The van der Waals surface area contributed by atoms with E-state index in [2.05, 4.69) is 9.62 Å². The number of aryl methyl sites for hydroxylation is 1. The Balaban J connectivity index is 1.35. The number of allylic oxidation sites excluding steroid dienone is 1. The highest BCUT2D eigenvalue weighted by atomic mass is 35.5. The summed E-state index contributed by atoms with van der Waals surface area (Å²) in [5.41, 5.74) is 1.35. The number of ether oxygens (including phenoxy) is 3. The van der Waals surface area contributed by atoms with E-state index in [4.69, 9.17) is 25.8 Å². The van der Waals surface area contributed by atoms with E-state index in [9.17, 15) is 23.1 Å². The number of amides is 1. The maximum Gasteiger partial charge on any atom is 0.309 e. The van der Waals surface area contributed by atoms with Gasteiger partial charge in [0.1, 0.15) is 19.0 Å². The number of nitrogens with one attached hydrogen (secondary N) is 1. The predicted octanol–water partition coefficient (Wildman–Crippen LogP) is 5.83. The smallest absolute Gasteiger partial charge is 0.309 e. The Morgan fingerprint density at radius 2 is 1.92 bits per heavy atom. The number of carbonyl (C=O) groups is 2. The van der Waals surface area contributed by atoms with Crippen LogP contribution in [0.5, 0.6) is 5.75 Å². The van der Waals surface area contributed by atoms with Gasteiger partial charge in [-0.15, -0.1) is 0 Å². The zero-order valence-corrected chi connectivity index (χ0v) is 30.7. The van der Waals surface area contributed by atoms with Gasteiger partial charge in [0.2, 0.25) is 10.0 Å². The van der Waals surface area contributed by atoms with Gasteiger partial charge in [0.15, 0.2) is 0 Å². The van der Waals surface area contributed by atoms with Crippen molar-refractivity contribution in [1.29, 1.82) is 0 Å². The average molecular weight is 729 g/mol. The molecule has 0 unspecified atom stereocenters. The van der Waals surface area contributed by atoms with Crippen LogP contribution in [0.3, 0.4) is 0 Å². The van der Waals surface area contributed by atoms with Crippen molar-refractivity contribution in [2.45, 2.75) is 83.2 Å². The fourth-order valence-corrected chi connectivity index (χ4v) is 8.94. The zero-order valence-electron chi connectivity index (χ0n) is 29.2. The lowest BCUT2D eigenvalue weighted by Crippen LogP contribution is -2.51. The van der Waals surface area contributed by atoms with Crippen LogP contribution in [0.25, 0.3) is 0 Å². The molecular formula is C38H49ClN2O8S. The summed E-state index contributed by atoms with van der Waals surface area (Å²) in [6.07, 6.45) is 7.72. The molecular weight excluding hydrogens is 680 g/mol. The molecule has 2 aromatic rings. The van der Waals surface area contributed by atoms with Crippen molar-refractivity contribution in [2.24, 2.45) is 23.2 Å². The molecule has 2 aromatic carbocycles. The molecule has 3 heterocycles. The van der Waals surface area contributed by atoms with Gasteiger partial charge < -0.3 is 24.2 Å². The summed E-state index contributed by atoms with van der Waals surface area (Å²) in [4.78, 5) is 28.9. The van der Waals surface area contributed by atoms with Crippen molar-refractivity contribution in [1.82, 2.24) is 4.72 Å². The Labute approximate surface area is 300 Å². The second-order valence-electron chi connectivity index (χ2n) is 15.2. The maximum absolute atomic E-state index is 13.5. The van der Waals surface area contributed by atoms with Crippen molar-refractivity contribution in [3.05, 3.63) is 70.3 Å². The van der Waals surface area contributed by atoms with E-state index in [1.807, 2.05) is 25.1 Å². The Morgan fingerprint density at radius 3 is 2.64 bits per heavy atom. The van der Waals surface area contributed by atoms with Crippen molar-refractivity contribution >= 4 is 39.2 Å². The monoisotopic (exact) mass is 728 g/mol. The van der Waals surface area contributed by atoms with Gasteiger partial charge in [-0.05, 0) is 105 Å². The molecule has 0 spiro atoms. The third kappa shape index (κ3) is 8.16. The number of aliphatic hydroxyl groups is 1. The molecule has 0 aromatic heterocycles. The van der Waals surface area contributed by atoms with E-state index >= 15 is 0 Å². The fourth-order valence-electron chi connectivity index (χ4n) is 7.46. The largest absolute Gasteiger partial charge is 0.487 e. The van der Waals surface area contributed by atoms with Crippen LogP contribution in [0.1, 0.15) is 80.8 Å². The van der Waals surface area contributed by atoms with Crippen molar-refractivity contribution in [3.8, 4) is 5.75 Å². The summed E-state index contributed by atoms with van der Waals surface area (Å²) in [5, 5.41) is 12.1. The molecule has 50 heavy (non-hydrogen) atoms. The number of anilines is 1. The second-order valence-corrected chi connectivity index (χ2v) is 17.6. The fraction of sp³-hybridized carbons (Fsp3) is 0.579. The van der Waals surface area contributed by atoms with E-state index in [0.29, 0.717) is 55.8 Å². The molecule has 2 bridgehead atoms. The summed E-state index contributed by atoms with van der Waals surface area (Å²) in [7, 11) is -4.05. The molecule has 0 radical (unpaired) electrons. The van der Waals surface area contributed by atoms with Gasteiger partial charge in [-0.3, -0.25) is 9.59 Å². The Morgan fingerprint density at radius 1 is 1.12 bits per heavy atom. The predicted molar refractivity (Wildman–Crippen MR) is 192 cm³/mol. The van der Waals surface area contributed by atoms with Crippen LogP contribution in [0.4, 0.5) is 5.69 Å². The standard InChI is InChI=1S/C38H49ClN2O8S/c1-25-7-6-15-38(44,19-35(42)49-24-37(3)22-47-23-37)32-13-10-29(32)20-41-16-5-4-8-27-17-31(39)12-9-30(27)21-48-34-14-11-28(18-33(34)41)36(43)40-50(45,46)26(25)2/h6,9,11-12,14-15,17-18,25-26,29,32,44H,4-5,7-8,10,13,16,19-24H2,1-3H3,(H,40,43)/b15-6+/t25-,26+,29-,32+,38+/m0/s1. The van der Waals surface area contributed by atoms with Crippen LogP contribution in [-0.4, -0.2) is 69.2 Å². The second kappa shape index (κ2) is 14.9. The molecule has 4 aliphatic rings. The van der Waals surface area contributed by atoms with Gasteiger partial charge in [0.25, 0.3) is 5.91 Å². The Hall–Kier alpha value is -3.12. The number of carbonyl (C=O) groups excluding carboxylic acids is 2. The van der Waals surface area contributed by atoms with E-state index in [0.717, 1.165) is 43.2 Å². The first-order valence-electron chi connectivity index (χ1n) is 17.7. The summed E-state index contributed by atoms with van der Waals surface area (Å²) >= 11 is 6.35. The highest BCUT2D eigenvalue weighted by Gasteiger charge is 2.47. The third-order valence-corrected chi connectivity index (χ3v) is 13.3. The lowest BCUT2D eigenvalue weighted by Gasteiger charge is -2.48. The molecule has 1 saturated heterocycles. The van der Waals surface area contributed by atoms with Crippen molar-refractivity contribution in [2.75, 3.05) is 37.8 Å². The van der Waals surface area contributed by atoms with E-state index in [-0.39, 0.29) is 41.8 Å². The first-order valence-corrected chi connectivity index (χ1v) is 19.7. The van der Waals surface area contributed by atoms with Gasteiger partial charge in [-0.2, -0.15) is 0 Å². The number of sulfonamides is 1. The van der Waals surface area contributed by atoms with Gasteiger partial charge in [-0.1, -0.05) is 43.7 Å². The number of benzene rings is 2. The van der Waals surface area contributed by atoms with Gasteiger partial charge in [0.05, 0.1) is 36.2 Å². The highest BCUT2D eigenvalue weighted by Crippen LogP contribution is 2.46. The number of nitrogens with zero attached hydrogens (tertiary/aromatic N) is 1. The molecule has 6 rings (SSSR count). The molecule has 2 N–H and O–H groups in total. The molecule has 1 saturated carbocycles. The van der Waals surface area contributed by atoms with E-state index in [1.54, 1.807) is 44.2 Å². The molecule has 272 valence electrons. The number of rotatable bonds is 4. The minimum absolute atomic E-state index is 0.0334. The van der Waals surface area contributed by atoms with Crippen LogP contribution in [0.2, 0.25) is 5.02 Å². The SMILES string of the molecule is C[C@@H]1[C@@H](C)C/C=C/[C@@](O)(CC(=O)OCC2(C)COC2)[C@@H]2CC[C@H]2CN2CCCCc3cc(Cl)ccc3COc3ccc(cc32)C(=O)NS1(=O)=O. The van der Waals surface area contributed by atoms with E-state index in [1.165, 1.54) is 0 Å². The molecule has 2 fully saturated rings. The minimum atomic E-state index is -4.05. The van der Waals surface area contributed by atoms with Crippen LogP contribution in [0.15, 0.2) is 48.6 Å². The number of esters is 1. The van der Waals surface area contributed by atoms with Crippen molar-refractivity contribution in [3.63, 3.8) is 0 Å². The van der Waals surface area contributed by atoms with Crippen LogP contribution < -0.4 is 14.4 Å². The topological polar surface area (TPSA) is 131 Å². The van der Waals surface area contributed by atoms with Crippen LogP contribution >= 0.6 is 11.6 Å². The summed E-state index contributed by atoms with van der Waals surface area (Å²) in [5.74, 6) is -1.19. The first-order chi connectivity index (χ1) is 23.8. The van der Waals surface area contributed by atoms with Crippen LogP contribution in [-0.2, 0) is 37.3 Å². The molecule has 12 heteroatoms. The van der Waals surface area contributed by atoms with Gasteiger partial charge in [0, 0.05) is 29.1 Å². The van der Waals surface area contributed by atoms with Gasteiger partial charge in [-0.25, -0.2) is 13.1 Å². The minimum Gasteiger partial charge on any atom is -0.487 e. The Bertz CT molecular complexity index is 1730. The molecule has 3 aliphatic heterocycles. The zero-order chi connectivity index (χ0) is 35.7. The summed E-state index contributed by atoms with van der Waals surface area (Å²) < 4.78 is 46.5. The van der Waals surface area contributed by atoms with Crippen LogP contribution in [0, 0.1) is 23.2 Å². The lowest BCUT2D eigenvalue weighted by atomic mass is 9.63. The molecule has 10 nitrogen and oxygen atoms in total. The average Bonchev–Trinajstić information content (AvgIpc) is 3.06. The number of fused-ring (bicyclic) bond motifs is 3. The van der Waals surface area contributed by atoms with Gasteiger partial charge >= 0.3 is 5.97 Å². The summed E-state index contributed by atoms with van der Waals surface area (Å²) in [6.45, 7) is 8.14.